The molecule has 25 heavy (non-hydrogen) atoms. The number of ether oxygens (including phenoxy) is 1. The van der Waals surface area contributed by atoms with Crippen molar-refractivity contribution in [2.24, 2.45) is 0 Å². The summed E-state index contributed by atoms with van der Waals surface area (Å²) in [6.45, 7) is 5.41. The third-order valence-corrected chi connectivity index (χ3v) is 3.76. The van der Waals surface area contributed by atoms with Crippen LogP contribution in [0, 0.1) is 0 Å². The summed E-state index contributed by atoms with van der Waals surface area (Å²) in [4.78, 5) is 20.4. The average molecular weight is 334 g/mol. The van der Waals surface area contributed by atoms with Crippen LogP contribution in [0.15, 0.2) is 60.8 Å². The first-order chi connectivity index (χ1) is 12.0. The van der Waals surface area contributed by atoms with E-state index in [1.807, 2.05) is 30.3 Å². The monoisotopic (exact) mass is 334 g/mol. The Morgan fingerprint density at radius 3 is 2.72 bits per heavy atom. The number of para-hydroxylation sites is 2. The van der Waals surface area contributed by atoms with E-state index in [9.17, 15) is 9.90 Å². The van der Waals surface area contributed by atoms with Crippen molar-refractivity contribution in [2.45, 2.75) is 13.3 Å². The molecule has 0 bridgehead atoms. The molecule has 1 aromatic heterocycles. The van der Waals surface area contributed by atoms with Crippen LogP contribution in [-0.4, -0.2) is 27.7 Å². The molecule has 0 amide bonds. The molecule has 5 nitrogen and oxygen atoms in total. The fraction of sp³-hybridized carbons (Fsp3) is 0.150. The maximum Gasteiger partial charge on any atom is 0.333 e. The highest BCUT2D eigenvalue weighted by atomic mass is 16.5. The Labute approximate surface area is 145 Å². The molecule has 3 rings (SSSR count). The van der Waals surface area contributed by atoms with Gasteiger partial charge in [0.15, 0.2) is 0 Å². The number of hydrogen-bond acceptors (Lipinski definition) is 5. The van der Waals surface area contributed by atoms with Gasteiger partial charge in [-0.2, -0.15) is 0 Å². The summed E-state index contributed by atoms with van der Waals surface area (Å²) in [5.74, 6) is -0.272. The van der Waals surface area contributed by atoms with Crippen LogP contribution in [0.25, 0.3) is 22.3 Å². The van der Waals surface area contributed by atoms with E-state index in [1.54, 1.807) is 25.3 Å². The molecule has 0 atom stereocenters. The standard InChI is InChI=1S/C20H18N2O3/c1-13(2)20(24)25-10-9-14-7-8-19(23)15(11-14)18-12-21-16-5-3-4-6-17(16)22-18/h3-8,11-12,23H,1,9-10H2,2H3. The number of aromatic hydroxyl groups is 1. The van der Waals surface area contributed by atoms with Gasteiger partial charge in [0.05, 0.1) is 29.5 Å². The minimum atomic E-state index is -0.403. The van der Waals surface area contributed by atoms with E-state index in [-0.39, 0.29) is 12.4 Å². The largest absolute Gasteiger partial charge is 0.507 e. The number of phenolic OH excluding ortho intramolecular Hbond substituents is 1. The zero-order valence-electron chi connectivity index (χ0n) is 13.9. The SMILES string of the molecule is C=C(C)C(=O)OCCc1ccc(O)c(-c2cnc3ccccc3n2)c1. The quantitative estimate of drug-likeness (QED) is 0.569. The Morgan fingerprint density at radius 2 is 1.96 bits per heavy atom. The van der Waals surface area contributed by atoms with Gasteiger partial charge < -0.3 is 9.84 Å². The number of esters is 1. The molecule has 1 N–H and O–H groups in total. The highest BCUT2D eigenvalue weighted by Crippen LogP contribution is 2.29. The number of aromatic nitrogens is 2. The van der Waals surface area contributed by atoms with E-state index in [2.05, 4.69) is 16.5 Å². The van der Waals surface area contributed by atoms with Gasteiger partial charge in [-0.3, -0.25) is 4.98 Å². The maximum atomic E-state index is 11.4. The maximum absolute atomic E-state index is 11.4. The lowest BCUT2D eigenvalue weighted by Crippen LogP contribution is -2.08. The van der Waals surface area contributed by atoms with E-state index in [1.165, 1.54) is 0 Å². The Kier molecular flexibility index (Phi) is 4.75. The number of nitrogens with zero attached hydrogens (tertiary/aromatic N) is 2. The van der Waals surface area contributed by atoms with Gasteiger partial charge in [-0.25, -0.2) is 9.78 Å². The molecular formula is C20H18N2O3. The molecule has 1 heterocycles. The summed E-state index contributed by atoms with van der Waals surface area (Å²) >= 11 is 0. The number of rotatable bonds is 5. The van der Waals surface area contributed by atoms with Gasteiger partial charge >= 0.3 is 5.97 Å². The highest BCUT2D eigenvalue weighted by molar-refractivity contribution is 5.86. The first kappa shape index (κ1) is 16.6. The van der Waals surface area contributed by atoms with E-state index >= 15 is 0 Å². The Hall–Kier alpha value is -3.21. The van der Waals surface area contributed by atoms with E-state index < -0.39 is 5.97 Å². The van der Waals surface area contributed by atoms with Gasteiger partial charge in [0.1, 0.15) is 5.75 Å². The van der Waals surface area contributed by atoms with Gasteiger partial charge in [0.25, 0.3) is 0 Å². The van der Waals surface area contributed by atoms with Gasteiger partial charge in [-0.15, -0.1) is 0 Å². The normalized spacial score (nSPS) is 10.6. The topological polar surface area (TPSA) is 72.3 Å². The highest BCUT2D eigenvalue weighted by Gasteiger charge is 2.10. The Balaban J connectivity index is 1.83. The number of phenols is 1. The molecule has 5 heteroatoms. The molecule has 0 fully saturated rings. The molecular weight excluding hydrogens is 316 g/mol. The minimum Gasteiger partial charge on any atom is -0.507 e. The van der Waals surface area contributed by atoms with Crippen molar-refractivity contribution in [2.75, 3.05) is 6.61 Å². The van der Waals surface area contributed by atoms with Crippen LogP contribution in [0.4, 0.5) is 0 Å². The van der Waals surface area contributed by atoms with Crippen molar-refractivity contribution in [3.63, 3.8) is 0 Å². The molecule has 0 unspecified atom stereocenters. The van der Waals surface area contributed by atoms with Crippen molar-refractivity contribution < 1.29 is 14.6 Å². The van der Waals surface area contributed by atoms with E-state index in [0.29, 0.717) is 23.3 Å². The van der Waals surface area contributed by atoms with Crippen LogP contribution in [0.3, 0.4) is 0 Å². The van der Waals surface area contributed by atoms with Crippen LogP contribution < -0.4 is 0 Å². The molecule has 126 valence electrons. The van der Waals surface area contributed by atoms with Gasteiger partial charge in [0, 0.05) is 17.6 Å². The molecule has 0 aliphatic rings. The zero-order valence-corrected chi connectivity index (χ0v) is 13.9. The van der Waals surface area contributed by atoms with Crippen LogP contribution >= 0.6 is 0 Å². The van der Waals surface area contributed by atoms with Crippen molar-refractivity contribution >= 4 is 17.0 Å². The second-order valence-electron chi connectivity index (χ2n) is 5.76. The number of carbonyl (C=O) groups is 1. The average Bonchev–Trinajstić information content (AvgIpc) is 2.62. The predicted octanol–water partition coefficient (Wildman–Crippen LogP) is 3.66. The van der Waals surface area contributed by atoms with Gasteiger partial charge in [-0.05, 0) is 36.8 Å². The number of hydrogen-bond donors (Lipinski definition) is 1. The Morgan fingerprint density at radius 1 is 1.20 bits per heavy atom. The summed E-state index contributed by atoms with van der Waals surface area (Å²) < 4.78 is 5.11. The number of fused-ring (bicyclic) bond motifs is 1. The van der Waals surface area contributed by atoms with Crippen LogP contribution in [0.5, 0.6) is 5.75 Å². The lowest BCUT2D eigenvalue weighted by Gasteiger charge is -2.09. The van der Waals surface area contributed by atoms with Crippen molar-refractivity contribution in [1.82, 2.24) is 9.97 Å². The molecule has 0 radical (unpaired) electrons. The fourth-order valence-electron chi connectivity index (χ4n) is 2.42. The molecule has 0 spiro atoms. The summed E-state index contributed by atoms with van der Waals surface area (Å²) in [5.41, 5.74) is 4.06. The van der Waals surface area contributed by atoms with Crippen LogP contribution in [0.2, 0.25) is 0 Å². The Bertz CT molecular complexity index is 951. The smallest absolute Gasteiger partial charge is 0.333 e. The first-order valence-electron chi connectivity index (χ1n) is 7.91. The predicted molar refractivity (Wildman–Crippen MR) is 96.1 cm³/mol. The molecule has 0 saturated carbocycles. The third-order valence-electron chi connectivity index (χ3n) is 3.76. The van der Waals surface area contributed by atoms with Gasteiger partial charge in [-0.1, -0.05) is 24.8 Å². The summed E-state index contributed by atoms with van der Waals surface area (Å²) in [6, 6.07) is 12.8. The molecule has 2 aromatic carbocycles. The summed E-state index contributed by atoms with van der Waals surface area (Å²) in [5, 5.41) is 10.2. The minimum absolute atomic E-state index is 0.132. The van der Waals surface area contributed by atoms with E-state index in [0.717, 1.165) is 16.6 Å². The van der Waals surface area contributed by atoms with E-state index in [4.69, 9.17) is 4.74 Å². The second kappa shape index (κ2) is 7.13. The van der Waals surface area contributed by atoms with Crippen molar-refractivity contribution in [1.29, 1.82) is 0 Å². The summed E-state index contributed by atoms with van der Waals surface area (Å²) in [6.07, 6.45) is 2.18. The molecule has 0 saturated heterocycles. The third kappa shape index (κ3) is 3.83. The second-order valence-corrected chi connectivity index (χ2v) is 5.76. The molecule has 0 aliphatic carbocycles. The number of benzene rings is 2. The first-order valence-corrected chi connectivity index (χ1v) is 7.91. The number of carbonyl (C=O) groups excluding carboxylic acids is 1. The fourth-order valence-corrected chi connectivity index (χ4v) is 2.42. The zero-order chi connectivity index (χ0) is 17.8. The lowest BCUT2D eigenvalue weighted by molar-refractivity contribution is -0.138. The van der Waals surface area contributed by atoms with Crippen LogP contribution in [0.1, 0.15) is 12.5 Å². The molecule has 0 aliphatic heterocycles. The lowest BCUT2D eigenvalue weighted by atomic mass is 10.0. The van der Waals surface area contributed by atoms with Crippen molar-refractivity contribution in [3.05, 3.63) is 66.4 Å². The van der Waals surface area contributed by atoms with Gasteiger partial charge in [0.2, 0.25) is 0 Å². The summed E-state index contributed by atoms with van der Waals surface area (Å²) in [7, 11) is 0. The molecule has 3 aromatic rings. The van der Waals surface area contributed by atoms with Crippen molar-refractivity contribution in [3.8, 4) is 17.0 Å². The van der Waals surface area contributed by atoms with Crippen LogP contribution in [-0.2, 0) is 16.0 Å².